The Hall–Kier alpha value is -2.99. The van der Waals surface area contributed by atoms with Gasteiger partial charge in [0.05, 0.1) is 24.8 Å². The van der Waals surface area contributed by atoms with Crippen molar-refractivity contribution in [3.63, 3.8) is 0 Å². The van der Waals surface area contributed by atoms with Crippen molar-refractivity contribution in [3.05, 3.63) is 57.6 Å². The third-order valence-electron chi connectivity index (χ3n) is 4.91. The minimum absolute atomic E-state index is 0.00503. The summed E-state index contributed by atoms with van der Waals surface area (Å²) in [7, 11) is 1.40. The van der Waals surface area contributed by atoms with Crippen molar-refractivity contribution in [2.45, 2.75) is 32.8 Å². The largest absolute Gasteiger partial charge is 0.507 e. The second-order valence-electron chi connectivity index (χ2n) is 6.38. The average Bonchev–Trinajstić information content (AvgIpc) is 2.69. The van der Waals surface area contributed by atoms with Gasteiger partial charge in [0.1, 0.15) is 17.3 Å². The number of ketones is 3. The number of carbonyl (C=O) groups is 3. The molecule has 0 aliphatic heterocycles. The molecule has 27 heavy (non-hydrogen) atoms. The maximum atomic E-state index is 13.1. The first-order valence-electron chi connectivity index (χ1n) is 8.71. The molecule has 1 aliphatic carbocycles. The number of aliphatic hydroxyl groups excluding tert-OH is 1. The molecule has 0 heterocycles. The summed E-state index contributed by atoms with van der Waals surface area (Å²) < 4.78 is 5.22. The lowest BCUT2D eigenvalue weighted by Crippen LogP contribution is -2.23. The van der Waals surface area contributed by atoms with Crippen molar-refractivity contribution in [1.82, 2.24) is 0 Å². The molecule has 0 radical (unpaired) electrons. The van der Waals surface area contributed by atoms with Crippen LogP contribution in [0.25, 0.3) is 0 Å². The number of aromatic hydroxyl groups is 1. The van der Waals surface area contributed by atoms with E-state index in [1.807, 2.05) is 0 Å². The highest BCUT2D eigenvalue weighted by Crippen LogP contribution is 2.40. The number of aliphatic hydroxyl groups is 1. The van der Waals surface area contributed by atoms with Crippen LogP contribution >= 0.6 is 0 Å². The first-order valence-corrected chi connectivity index (χ1v) is 8.71. The highest BCUT2D eigenvalue weighted by atomic mass is 16.5. The predicted octanol–water partition coefficient (Wildman–Crippen LogP) is 2.58. The summed E-state index contributed by atoms with van der Waals surface area (Å²) in [5.74, 6) is -1.02. The van der Waals surface area contributed by atoms with E-state index in [9.17, 15) is 24.6 Å². The van der Waals surface area contributed by atoms with Crippen LogP contribution in [0.3, 0.4) is 0 Å². The fraction of sp³-hybridized carbons (Fsp3) is 0.286. The quantitative estimate of drug-likeness (QED) is 0.693. The summed E-state index contributed by atoms with van der Waals surface area (Å²) in [6, 6.07) is 6.16. The van der Waals surface area contributed by atoms with Crippen molar-refractivity contribution < 1.29 is 29.3 Å². The number of carbonyl (C=O) groups excluding carboxylic acids is 3. The van der Waals surface area contributed by atoms with E-state index in [4.69, 9.17) is 4.74 Å². The van der Waals surface area contributed by atoms with E-state index in [-0.39, 0.29) is 52.4 Å². The van der Waals surface area contributed by atoms with Crippen molar-refractivity contribution >= 4 is 17.3 Å². The van der Waals surface area contributed by atoms with Crippen LogP contribution in [0.5, 0.6) is 11.5 Å². The molecule has 0 atom stereocenters. The zero-order valence-corrected chi connectivity index (χ0v) is 15.2. The zero-order chi connectivity index (χ0) is 19.7. The Bertz CT molecular complexity index is 958. The van der Waals surface area contributed by atoms with Crippen LogP contribution in [-0.4, -0.2) is 34.7 Å². The second-order valence-corrected chi connectivity index (χ2v) is 6.38. The van der Waals surface area contributed by atoms with Gasteiger partial charge in [0.15, 0.2) is 5.78 Å². The molecule has 0 saturated heterocycles. The van der Waals surface area contributed by atoms with E-state index in [0.717, 1.165) is 0 Å². The number of phenolic OH excluding ortho intramolecular Hbond substituents is 1. The lowest BCUT2D eigenvalue weighted by Gasteiger charge is -2.23. The maximum absolute atomic E-state index is 13.1. The highest BCUT2D eigenvalue weighted by Gasteiger charge is 2.36. The van der Waals surface area contributed by atoms with Crippen LogP contribution in [0.4, 0.5) is 0 Å². The van der Waals surface area contributed by atoms with Gasteiger partial charge in [-0.05, 0) is 24.1 Å². The standard InChI is InChI=1S/C21H20O6/c1-3-12(23)7-8-13-11(10-22)9-15-18(20(13)25)21(26)17-14(19(15)24)5-4-6-16(17)27-2/h4-6,9,22,25H,3,7-8,10H2,1-2H3. The normalized spacial score (nSPS) is 12.6. The van der Waals surface area contributed by atoms with Crippen LogP contribution < -0.4 is 4.74 Å². The molecule has 3 rings (SSSR count). The van der Waals surface area contributed by atoms with Crippen LogP contribution in [0, 0.1) is 0 Å². The molecule has 0 aromatic heterocycles. The molecule has 6 heteroatoms. The van der Waals surface area contributed by atoms with Crippen LogP contribution in [0.15, 0.2) is 24.3 Å². The number of hydrogen-bond acceptors (Lipinski definition) is 6. The minimum Gasteiger partial charge on any atom is -0.507 e. The molecule has 2 N–H and O–H groups in total. The van der Waals surface area contributed by atoms with Crippen LogP contribution in [0.2, 0.25) is 0 Å². The first kappa shape index (κ1) is 18.8. The molecular formula is C21H20O6. The van der Waals surface area contributed by atoms with Crippen molar-refractivity contribution in [1.29, 1.82) is 0 Å². The molecule has 0 bridgehead atoms. The van der Waals surface area contributed by atoms with E-state index in [1.165, 1.54) is 19.2 Å². The van der Waals surface area contributed by atoms with Gasteiger partial charge < -0.3 is 14.9 Å². The van der Waals surface area contributed by atoms with Gasteiger partial charge in [0.2, 0.25) is 5.78 Å². The summed E-state index contributed by atoms with van der Waals surface area (Å²) in [4.78, 5) is 37.7. The molecule has 0 saturated carbocycles. The molecule has 6 nitrogen and oxygen atoms in total. The second kappa shape index (κ2) is 7.32. The van der Waals surface area contributed by atoms with E-state index in [2.05, 4.69) is 0 Å². The Morgan fingerprint density at radius 3 is 2.48 bits per heavy atom. The van der Waals surface area contributed by atoms with Gasteiger partial charge in [-0.1, -0.05) is 19.1 Å². The van der Waals surface area contributed by atoms with Gasteiger partial charge in [0, 0.05) is 29.5 Å². The van der Waals surface area contributed by atoms with Crippen molar-refractivity contribution in [2.75, 3.05) is 7.11 Å². The van der Waals surface area contributed by atoms with E-state index >= 15 is 0 Å². The number of methoxy groups -OCH3 is 1. The number of phenols is 1. The van der Waals surface area contributed by atoms with E-state index in [0.29, 0.717) is 17.5 Å². The number of hydrogen-bond donors (Lipinski definition) is 2. The topological polar surface area (TPSA) is 101 Å². The predicted molar refractivity (Wildman–Crippen MR) is 97.5 cm³/mol. The van der Waals surface area contributed by atoms with E-state index < -0.39 is 18.2 Å². The molecule has 0 spiro atoms. The van der Waals surface area contributed by atoms with Gasteiger partial charge in [-0.3, -0.25) is 14.4 Å². The fourth-order valence-electron chi connectivity index (χ4n) is 3.43. The molecular weight excluding hydrogens is 348 g/mol. The molecule has 2 aromatic rings. The van der Waals surface area contributed by atoms with Gasteiger partial charge >= 0.3 is 0 Å². The number of Topliss-reactive ketones (excluding diaryl/α,β-unsaturated/α-hetero) is 1. The van der Waals surface area contributed by atoms with Gasteiger partial charge in [-0.15, -0.1) is 0 Å². The molecule has 0 fully saturated rings. The molecule has 0 amide bonds. The maximum Gasteiger partial charge on any atom is 0.201 e. The summed E-state index contributed by atoms with van der Waals surface area (Å²) in [6.07, 6.45) is 0.724. The van der Waals surface area contributed by atoms with Gasteiger partial charge in [0.25, 0.3) is 0 Å². The van der Waals surface area contributed by atoms with Crippen molar-refractivity contribution in [3.8, 4) is 11.5 Å². The van der Waals surface area contributed by atoms with Gasteiger partial charge in [-0.2, -0.15) is 0 Å². The smallest absolute Gasteiger partial charge is 0.201 e. The summed E-state index contributed by atoms with van der Waals surface area (Å²) in [5, 5.41) is 20.5. The summed E-state index contributed by atoms with van der Waals surface area (Å²) in [5.41, 5.74) is 0.908. The Morgan fingerprint density at radius 1 is 1.11 bits per heavy atom. The number of benzene rings is 2. The molecule has 0 unspecified atom stereocenters. The zero-order valence-electron chi connectivity index (χ0n) is 15.2. The summed E-state index contributed by atoms with van der Waals surface area (Å²) >= 11 is 0. The Kier molecular flexibility index (Phi) is 5.10. The third kappa shape index (κ3) is 3.02. The molecule has 2 aromatic carbocycles. The lowest BCUT2D eigenvalue weighted by molar-refractivity contribution is -0.118. The SMILES string of the molecule is CCC(=O)CCc1c(CO)cc2c(c1O)C(=O)c1c(OC)cccc1C2=O. The number of rotatable bonds is 6. The fourth-order valence-corrected chi connectivity index (χ4v) is 3.43. The Labute approximate surface area is 156 Å². The van der Waals surface area contributed by atoms with Crippen molar-refractivity contribution in [2.24, 2.45) is 0 Å². The minimum atomic E-state index is -0.512. The average molecular weight is 368 g/mol. The number of ether oxygens (including phenoxy) is 1. The molecule has 1 aliphatic rings. The highest BCUT2D eigenvalue weighted by molar-refractivity contribution is 6.30. The summed E-state index contributed by atoms with van der Waals surface area (Å²) in [6.45, 7) is 1.33. The first-order chi connectivity index (χ1) is 12.9. The van der Waals surface area contributed by atoms with Crippen LogP contribution in [0.1, 0.15) is 62.7 Å². The van der Waals surface area contributed by atoms with E-state index in [1.54, 1.807) is 19.1 Å². The van der Waals surface area contributed by atoms with Crippen LogP contribution in [-0.2, 0) is 17.8 Å². The Balaban J connectivity index is 2.20. The third-order valence-corrected chi connectivity index (χ3v) is 4.91. The monoisotopic (exact) mass is 368 g/mol. The lowest BCUT2D eigenvalue weighted by atomic mass is 9.80. The molecule has 140 valence electrons. The van der Waals surface area contributed by atoms with Gasteiger partial charge in [-0.25, -0.2) is 0 Å². The Morgan fingerprint density at radius 2 is 1.85 bits per heavy atom. The number of fused-ring (bicyclic) bond motifs is 2.